The zero-order chi connectivity index (χ0) is 23.3. The molecular formula is C26H24O6S. The molecule has 4 rings (SSSR count). The van der Waals surface area contributed by atoms with Gasteiger partial charge in [-0.25, -0.2) is 9.59 Å². The topological polar surface area (TPSA) is 71.1 Å². The van der Waals surface area contributed by atoms with Crippen LogP contribution in [0.25, 0.3) is 0 Å². The quantitative estimate of drug-likeness (QED) is 0.473. The van der Waals surface area contributed by atoms with Gasteiger partial charge in [0.1, 0.15) is 0 Å². The lowest BCUT2D eigenvalue weighted by atomic mass is 9.79. The van der Waals surface area contributed by atoms with E-state index in [2.05, 4.69) is 0 Å². The zero-order valence-corrected chi connectivity index (χ0v) is 19.1. The molecule has 7 heteroatoms. The van der Waals surface area contributed by atoms with Gasteiger partial charge in [-0.3, -0.25) is 0 Å². The van der Waals surface area contributed by atoms with E-state index in [0.29, 0.717) is 11.1 Å². The van der Waals surface area contributed by atoms with Crippen molar-refractivity contribution in [3.05, 3.63) is 106 Å². The summed E-state index contributed by atoms with van der Waals surface area (Å²) in [5, 5.41) is 1.91. The second-order valence-corrected chi connectivity index (χ2v) is 8.30. The molecule has 0 amide bonds. The van der Waals surface area contributed by atoms with E-state index in [1.807, 2.05) is 78.2 Å². The Morgan fingerprint density at radius 3 is 2.30 bits per heavy atom. The van der Waals surface area contributed by atoms with E-state index in [0.717, 1.165) is 4.88 Å². The number of esters is 2. The summed E-state index contributed by atoms with van der Waals surface area (Å²) >= 11 is 1.45. The SMILES string of the molecule is CCOC(=O)[C@]1(c2ccccc2)O[C@@H](c2ccccc2)OC(C(=O)OC)=C[C@H]1c1cccs1. The minimum absolute atomic E-state index is 0.0353. The minimum Gasteiger partial charge on any atom is -0.464 e. The van der Waals surface area contributed by atoms with Gasteiger partial charge in [-0.1, -0.05) is 66.7 Å². The van der Waals surface area contributed by atoms with E-state index in [-0.39, 0.29) is 12.4 Å². The van der Waals surface area contributed by atoms with Gasteiger partial charge in [-0.05, 0) is 30.0 Å². The maximum atomic E-state index is 13.8. The van der Waals surface area contributed by atoms with Crippen LogP contribution in [0.2, 0.25) is 0 Å². The predicted octanol–water partition coefficient (Wildman–Crippen LogP) is 5.09. The van der Waals surface area contributed by atoms with Crippen LogP contribution >= 0.6 is 11.3 Å². The van der Waals surface area contributed by atoms with Crippen LogP contribution in [-0.2, 0) is 34.1 Å². The van der Waals surface area contributed by atoms with Crippen molar-refractivity contribution in [3.8, 4) is 0 Å². The standard InChI is InChI=1S/C26H24O6S/c1-3-30-25(28)26(19-13-8-5-9-14-19)20(22-15-10-16-33-22)17-21(23(27)29-2)31-24(32-26)18-11-6-4-7-12-18/h4-17,20,24H,3H2,1-2H3/t20-,24-,26+/m0/s1. The molecule has 0 aliphatic carbocycles. The average Bonchev–Trinajstić information content (AvgIpc) is 3.33. The van der Waals surface area contributed by atoms with E-state index >= 15 is 0 Å². The highest BCUT2D eigenvalue weighted by Gasteiger charge is 2.54. The van der Waals surface area contributed by atoms with E-state index < -0.39 is 29.7 Å². The molecule has 2 aromatic carbocycles. The molecule has 0 saturated carbocycles. The fourth-order valence-corrected chi connectivity index (χ4v) is 4.72. The molecule has 6 nitrogen and oxygen atoms in total. The molecule has 33 heavy (non-hydrogen) atoms. The Hall–Kier alpha value is -3.42. The fourth-order valence-electron chi connectivity index (χ4n) is 3.87. The molecule has 0 N–H and O–H groups in total. The number of ether oxygens (including phenoxy) is 4. The number of carbonyl (C=O) groups is 2. The van der Waals surface area contributed by atoms with Crippen molar-refractivity contribution < 1.29 is 28.5 Å². The van der Waals surface area contributed by atoms with Gasteiger partial charge in [0.05, 0.1) is 19.6 Å². The predicted molar refractivity (Wildman–Crippen MR) is 123 cm³/mol. The van der Waals surface area contributed by atoms with Crippen molar-refractivity contribution in [3.63, 3.8) is 0 Å². The van der Waals surface area contributed by atoms with Gasteiger partial charge in [0.15, 0.2) is 0 Å². The summed E-state index contributed by atoms with van der Waals surface area (Å²) in [5.41, 5.74) is -0.379. The lowest BCUT2D eigenvalue weighted by Gasteiger charge is -2.37. The van der Waals surface area contributed by atoms with Crippen molar-refractivity contribution >= 4 is 23.3 Å². The van der Waals surface area contributed by atoms with Crippen molar-refractivity contribution in [1.82, 2.24) is 0 Å². The van der Waals surface area contributed by atoms with Crippen molar-refractivity contribution in [1.29, 1.82) is 0 Å². The largest absolute Gasteiger partial charge is 0.464 e. The van der Waals surface area contributed by atoms with Gasteiger partial charge < -0.3 is 18.9 Å². The Balaban J connectivity index is 2.00. The third-order valence-electron chi connectivity index (χ3n) is 5.37. The molecule has 0 radical (unpaired) electrons. The molecule has 0 unspecified atom stereocenters. The zero-order valence-electron chi connectivity index (χ0n) is 18.3. The molecule has 1 aromatic heterocycles. The number of methoxy groups -OCH3 is 1. The van der Waals surface area contributed by atoms with Gasteiger partial charge in [-0.2, -0.15) is 0 Å². The van der Waals surface area contributed by atoms with Crippen molar-refractivity contribution in [2.45, 2.75) is 24.7 Å². The highest BCUT2D eigenvalue weighted by Crippen LogP contribution is 2.50. The normalized spacial score (nSPS) is 22.4. The molecule has 1 aliphatic heterocycles. The summed E-state index contributed by atoms with van der Waals surface area (Å²) in [6.45, 7) is 1.91. The van der Waals surface area contributed by atoms with Crippen LogP contribution in [-0.4, -0.2) is 25.7 Å². The minimum atomic E-state index is -1.61. The Bertz CT molecular complexity index is 1110. The molecular weight excluding hydrogens is 440 g/mol. The second kappa shape index (κ2) is 10.0. The lowest BCUT2D eigenvalue weighted by Crippen LogP contribution is -2.45. The molecule has 2 heterocycles. The van der Waals surface area contributed by atoms with Crippen molar-refractivity contribution in [2.24, 2.45) is 0 Å². The molecule has 1 aliphatic rings. The van der Waals surface area contributed by atoms with Crippen LogP contribution in [0.15, 0.2) is 90.0 Å². The maximum Gasteiger partial charge on any atom is 0.373 e. The van der Waals surface area contributed by atoms with E-state index in [1.165, 1.54) is 18.4 Å². The highest BCUT2D eigenvalue weighted by molar-refractivity contribution is 7.10. The van der Waals surface area contributed by atoms with Crippen LogP contribution < -0.4 is 0 Å². The summed E-state index contributed by atoms with van der Waals surface area (Å²) in [7, 11) is 1.28. The molecule has 0 bridgehead atoms. The first kappa shape index (κ1) is 22.8. The Morgan fingerprint density at radius 1 is 1.00 bits per heavy atom. The van der Waals surface area contributed by atoms with Gasteiger partial charge in [0, 0.05) is 10.4 Å². The number of benzene rings is 2. The Labute approximate surface area is 196 Å². The van der Waals surface area contributed by atoms with E-state index in [4.69, 9.17) is 18.9 Å². The summed E-state index contributed by atoms with van der Waals surface area (Å²) in [6.07, 6.45) is 0.538. The van der Waals surface area contributed by atoms with Crippen LogP contribution in [0, 0.1) is 0 Å². The Morgan fingerprint density at radius 2 is 1.70 bits per heavy atom. The van der Waals surface area contributed by atoms with Crippen LogP contribution in [0.5, 0.6) is 0 Å². The molecule has 170 valence electrons. The van der Waals surface area contributed by atoms with Crippen LogP contribution in [0.4, 0.5) is 0 Å². The number of hydrogen-bond acceptors (Lipinski definition) is 7. The summed E-state index contributed by atoms with van der Waals surface area (Å²) < 4.78 is 23.2. The first-order valence-corrected chi connectivity index (χ1v) is 11.4. The number of thiophene rings is 1. The Kier molecular flexibility index (Phi) is 6.91. The smallest absolute Gasteiger partial charge is 0.373 e. The summed E-state index contributed by atoms with van der Waals surface area (Å²) in [5.74, 6) is -1.97. The third kappa shape index (κ3) is 4.42. The fraction of sp³-hybridized carbons (Fsp3) is 0.231. The van der Waals surface area contributed by atoms with Gasteiger partial charge >= 0.3 is 11.9 Å². The highest BCUT2D eigenvalue weighted by atomic mass is 32.1. The lowest BCUT2D eigenvalue weighted by molar-refractivity contribution is -0.221. The summed E-state index contributed by atoms with van der Waals surface area (Å²) in [6, 6.07) is 22.1. The second-order valence-electron chi connectivity index (χ2n) is 7.32. The monoisotopic (exact) mass is 464 g/mol. The van der Waals surface area contributed by atoms with Crippen LogP contribution in [0.3, 0.4) is 0 Å². The number of hydrogen-bond donors (Lipinski definition) is 0. The molecule has 0 saturated heterocycles. The average molecular weight is 465 g/mol. The maximum absolute atomic E-state index is 13.8. The van der Waals surface area contributed by atoms with Gasteiger partial charge in [0.2, 0.25) is 17.7 Å². The molecule has 3 atom stereocenters. The first-order valence-electron chi connectivity index (χ1n) is 10.6. The van der Waals surface area contributed by atoms with Crippen LogP contribution in [0.1, 0.15) is 35.1 Å². The number of rotatable bonds is 6. The van der Waals surface area contributed by atoms with Gasteiger partial charge in [0.25, 0.3) is 0 Å². The number of carbonyl (C=O) groups excluding carboxylic acids is 2. The molecule has 0 spiro atoms. The summed E-state index contributed by atoms with van der Waals surface area (Å²) in [4.78, 5) is 27.2. The third-order valence-corrected chi connectivity index (χ3v) is 6.33. The molecule has 3 aromatic rings. The first-order chi connectivity index (χ1) is 16.1. The van der Waals surface area contributed by atoms with Gasteiger partial charge in [-0.15, -0.1) is 11.3 Å². The van der Waals surface area contributed by atoms with E-state index in [9.17, 15) is 9.59 Å². The van der Waals surface area contributed by atoms with E-state index in [1.54, 1.807) is 13.0 Å². The molecule has 0 fully saturated rings. The van der Waals surface area contributed by atoms with Crippen molar-refractivity contribution in [2.75, 3.05) is 13.7 Å².